The molecule has 120 valence electrons. The smallest absolute Gasteiger partial charge is 0.265 e. The van der Waals surface area contributed by atoms with Gasteiger partial charge in [-0.15, -0.1) is 0 Å². The SMILES string of the molecule is O=C(NN1CCOCC1)c1ccc(OCc2ccccc2)cc1. The second-order valence-corrected chi connectivity index (χ2v) is 5.34. The molecule has 0 spiro atoms. The van der Waals surface area contributed by atoms with E-state index in [-0.39, 0.29) is 5.91 Å². The number of nitrogens with zero attached hydrogens (tertiary/aromatic N) is 1. The molecule has 5 nitrogen and oxygen atoms in total. The van der Waals surface area contributed by atoms with E-state index in [0.29, 0.717) is 38.5 Å². The molecule has 0 unspecified atom stereocenters. The van der Waals surface area contributed by atoms with Crippen LogP contribution in [-0.4, -0.2) is 37.2 Å². The maximum atomic E-state index is 12.2. The van der Waals surface area contributed by atoms with E-state index in [1.807, 2.05) is 47.5 Å². The molecule has 1 saturated heterocycles. The normalized spacial score (nSPS) is 15.1. The lowest BCUT2D eigenvalue weighted by atomic mass is 10.2. The molecule has 1 N–H and O–H groups in total. The van der Waals surface area contributed by atoms with Gasteiger partial charge in [-0.05, 0) is 29.8 Å². The second-order valence-electron chi connectivity index (χ2n) is 5.34. The number of morpholine rings is 1. The topological polar surface area (TPSA) is 50.8 Å². The predicted octanol–water partition coefficient (Wildman–Crippen LogP) is 2.24. The number of hydrazine groups is 1. The average molecular weight is 312 g/mol. The van der Waals surface area contributed by atoms with E-state index in [1.54, 1.807) is 12.1 Å². The standard InChI is InChI=1S/C18H20N2O3/c21-18(19-20-10-12-22-13-11-20)16-6-8-17(9-7-16)23-14-15-4-2-1-3-5-15/h1-9H,10-14H2,(H,19,21). The summed E-state index contributed by atoms with van der Waals surface area (Å²) in [5.41, 5.74) is 4.61. The fraction of sp³-hybridized carbons (Fsp3) is 0.278. The molecule has 0 saturated carbocycles. The van der Waals surface area contributed by atoms with E-state index in [9.17, 15) is 4.79 Å². The Morgan fingerprint density at radius 3 is 2.43 bits per heavy atom. The molecule has 2 aromatic rings. The number of benzene rings is 2. The van der Waals surface area contributed by atoms with Crippen LogP contribution in [0.4, 0.5) is 0 Å². The molecular formula is C18H20N2O3. The predicted molar refractivity (Wildman–Crippen MR) is 87.1 cm³/mol. The molecule has 1 aliphatic rings. The van der Waals surface area contributed by atoms with Crippen molar-refractivity contribution in [3.8, 4) is 5.75 Å². The molecule has 23 heavy (non-hydrogen) atoms. The van der Waals surface area contributed by atoms with Crippen molar-refractivity contribution < 1.29 is 14.3 Å². The van der Waals surface area contributed by atoms with Gasteiger partial charge >= 0.3 is 0 Å². The first-order chi connectivity index (χ1) is 11.3. The van der Waals surface area contributed by atoms with Crippen molar-refractivity contribution in [1.82, 2.24) is 10.4 Å². The summed E-state index contributed by atoms with van der Waals surface area (Å²) < 4.78 is 11.0. The van der Waals surface area contributed by atoms with Crippen molar-refractivity contribution in [2.75, 3.05) is 26.3 Å². The minimum Gasteiger partial charge on any atom is -0.489 e. The Bertz CT molecular complexity index is 622. The number of hydrogen-bond acceptors (Lipinski definition) is 4. The van der Waals surface area contributed by atoms with Crippen LogP contribution in [0.2, 0.25) is 0 Å². The summed E-state index contributed by atoms with van der Waals surface area (Å²) in [5, 5.41) is 1.88. The van der Waals surface area contributed by atoms with Crippen molar-refractivity contribution >= 4 is 5.91 Å². The fourth-order valence-electron chi connectivity index (χ4n) is 2.33. The molecule has 0 aromatic heterocycles. The van der Waals surface area contributed by atoms with Crippen molar-refractivity contribution in [2.45, 2.75) is 6.61 Å². The lowest BCUT2D eigenvalue weighted by molar-refractivity contribution is 0.0126. The molecule has 1 amide bonds. The lowest BCUT2D eigenvalue weighted by Gasteiger charge is -2.26. The van der Waals surface area contributed by atoms with Crippen LogP contribution in [0.25, 0.3) is 0 Å². The van der Waals surface area contributed by atoms with Gasteiger partial charge in [-0.2, -0.15) is 0 Å². The molecule has 2 aromatic carbocycles. The average Bonchev–Trinajstić information content (AvgIpc) is 2.62. The molecule has 1 fully saturated rings. The third-order valence-corrected chi connectivity index (χ3v) is 3.64. The molecule has 5 heteroatoms. The summed E-state index contributed by atoms with van der Waals surface area (Å²) in [5.74, 6) is 0.637. The van der Waals surface area contributed by atoms with Gasteiger partial charge in [-0.25, -0.2) is 5.01 Å². The summed E-state index contributed by atoms with van der Waals surface area (Å²) in [6, 6.07) is 17.2. The lowest BCUT2D eigenvalue weighted by Crippen LogP contribution is -2.48. The third kappa shape index (κ3) is 4.55. The van der Waals surface area contributed by atoms with Gasteiger partial charge in [-0.3, -0.25) is 10.2 Å². The maximum absolute atomic E-state index is 12.2. The molecule has 0 radical (unpaired) electrons. The molecule has 3 rings (SSSR count). The molecule has 0 aliphatic carbocycles. The summed E-state index contributed by atoms with van der Waals surface area (Å²) in [6.07, 6.45) is 0. The minimum atomic E-state index is -0.110. The first kappa shape index (κ1) is 15.5. The van der Waals surface area contributed by atoms with Gasteiger partial charge in [0.1, 0.15) is 12.4 Å². The Morgan fingerprint density at radius 1 is 1.04 bits per heavy atom. The van der Waals surface area contributed by atoms with Gasteiger partial charge in [-0.1, -0.05) is 30.3 Å². The quantitative estimate of drug-likeness (QED) is 0.920. The highest BCUT2D eigenvalue weighted by molar-refractivity contribution is 5.93. The van der Waals surface area contributed by atoms with Crippen LogP contribution in [0.3, 0.4) is 0 Å². The number of rotatable bonds is 5. The first-order valence-corrected chi connectivity index (χ1v) is 7.72. The molecule has 1 heterocycles. The summed E-state index contributed by atoms with van der Waals surface area (Å²) >= 11 is 0. The maximum Gasteiger partial charge on any atom is 0.265 e. The van der Waals surface area contributed by atoms with Gasteiger partial charge in [0.25, 0.3) is 5.91 Å². The third-order valence-electron chi connectivity index (χ3n) is 3.64. The largest absolute Gasteiger partial charge is 0.489 e. The molecular weight excluding hydrogens is 292 g/mol. The summed E-state index contributed by atoms with van der Waals surface area (Å²) in [4.78, 5) is 12.2. The fourth-order valence-corrected chi connectivity index (χ4v) is 2.33. The summed E-state index contributed by atoms with van der Waals surface area (Å²) in [7, 11) is 0. The molecule has 0 bridgehead atoms. The number of carbonyl (C=O) groups is 1. The van der Waals surface area contributed by atoms with Gasteiger partial charge in [0.2, 0.25) is 0 Å². The number of nitrogens with one attached hydrogen (secondary N) is 1. The zero-order valence-electron chi connectivity index (χ0n) is 12.9. The van der Waals surface area contributed by atoms with E-state index < -0.39 is 0 Å². The van der Waals surface area contributed by atoms with E-state index >= 15 is 0 Å². The Labute approximate surface area is 135 Å². The monoisotopic (exact) mass is 312 g/mol. The first-order valence-electron chi connectivity index (χ1n) is 7.72. The van der Waals surface area contributed by atoms with Crippen molar-refractivity contribution in [2.24, 2.45) is 0 Å². The Hall–Kier alpha value is -2.37. The van der Waals surface area contributed by atoms with Crippen molar-refractivity contribution in [3.63, 3.8) is 0 Å². The van der Waals surface area contributed by atoms with Crippen LogP contribution in [-0.2, 0) is 11.3 Å². The molecule has 0 atom stereocenters. The van der Waals surface area contributed by atoms with Crippen molar-refractivity contribution in [3.05, 3.63) is 65.7 Å². The number of carbonyl (C=O) groups excluding carboxylic acids is 1. The van der Waals surface area contributed by atoms with Gasteiger partial charge < -0.3 is 9.47 Å². The minimum absolute atomic E-state index is 0.110. The van der Waals surface area contributed by atoms with Crippen LogP contribution >= 0.6 is 0 Å². The Morgan fingerprint density at radius 2 is 1.74 bits per heavy atom. The van der Waals surface area contributed by atoms with Gasteiger partial charge in [0.05, 0.1) is 13.2 Å². The van der Waals surface area contributed by atoms with Crippen LogP contribution in [0.5, 0.6) is 5.75 Å². The van der Waals surface area contributed by atoms with Gasteiger partial charge in [0, 0.05) is 18.7 Å². The highest BCUT2D eigenvalue weighted by atomic mass is 16.5. The van der Waals surface area contributed by atoms with Crippen LogP contribution in [0.15, 0.2) is 54.6 Å². The van der Waals surface area contributed by atoms with E-state index in [0.717, 1.165) is 11.3 Å². The van der Waals surface area contributed by atoms with E-state index in [2.05, 4.69) is 5.43 Å². The zero-order valence-corrected chi connectivity index (χ0v) is 12.9. The van der Waals surface area contributed by atoms with E-state index in [1.165, 1.54) is 0 Å². The number of ether oxygens (including phenoxy) is 2. The highest BCUT2D eigenvalue weighted by Crippen LogP contribution is 2.14. The van der Waals surface area contributed by atoms with Crippen molar-refractivity contribution in [1.29, 1.82) is 0 Å². The molecule has 1 aliphatic heterocycles. The van der Waals surface area contributed by atoms with Crippen LogP contribution < -0.4 is 10.2 Å². The number of hydrogen-bond donors (Lipinski definition) is 1. The highest BCUT2D eigenvalue weighted by Gasteiger charge is 2.14. The van der Waals surface area contributed by atoms with E-state index in [4.69, 9.17) is 9.47 Å². The Kier molecular flexibility index (Phi) is 5.24. The summed E-state index contributed by atoms with van der Waals surface area (Å²) in [6.45, 7) is 3.23. The number of amides is 1. The second kappa shape index (κ2) is 7.76. The Balaban J connectivity index is 1.52. The zero-order chi connectivity index (χ0) is 15.9. The van der Waals surface area contributed by atoms with Gasteiger partial charge in [0.15, 0.2) is 0 Å². The van der Waals surface area contributed by atoms with Crippen LogP contribution in [0.1, 0.15) is 15.9 Å². The van der Waals surface area contributed by atoms with Crippen LogP contribution in [0, 0.1) is 0 Å².